The molecule has 0 aliphatic carbocycles. The summed E-state index contributed by atoms with van der Waals surface area (Å²) in [5.74, 6) is 0. The molecule has 0 atom stereocenters. The Balaban J connectivity index is 2.75. The summed E-state index contributed by atoms with van der Waals surface area (Å²) in [6.45, 7) is 8.74. The lowest BCUT2D eigenvalue weighted by Gasteiger charge is -2.27. The van der Waals surface area contributed by atoms with E-state index >= 15 is 0 Å². The predicted molar refractivity (Wildman–Crippen MR) is 78.1 cm³/mol. The highest BCUT2D eigenvalue weighted by molar-refractivity contribution is 5.68. The fourth-order valence-corrected chi connectivity index (χ4v) is 1.74. The number of carbonyl (C=O) groups excluding carboxylic acids is 1. The predicted octanol–water partition coefficient (Wildman–Crippen LogP) is 3.71. The second kappa shape index (κ2) is 6.95. The Hall–Kier alpha value is -2.02. The van der Waals surface area contributed by atoms with Crippen LogP contribution in [0, 0.1) is 11.3 Å². The molecule has 0 aliphatic rings. The Morgan fingerprint density at radius 1 is 1.30 bits per heavy atom. The Kier molecular flexibility index (Phi) is 5.57. The highest BCUT2D eigenvalue weighted by Crippen LogP contribution is 2.13. The van der Waals surface area contributed by atoms with Gasteiger partial charge < -0.3 is 9.64 Å². The van der Waals surface area contributed by atoms with Crippen molar-refractivity contribution in [2.24, 2.45) is 0 Å². The maximum absolute atomic E-state index is 12.1. The second-order valence-electron chi connectivity index (χ2n) is 5.71. The normalized spacial score (nSPS) is 10.8. The summed E-state index contributed by atoms with van der Waals surface area (Å²) in [5.41, 5.74) is 1.12. The van der Waals surface area contributed by atoms with E-state index in [1.165, 1.54) is 0 Å². The first kappa shape index (κ1) is 16.0. The summed E-state index contributed by atoms with van der Waals surface area (Å²) < 4.78 is 5.40. The van der Waals surface area contributed by atoms with E-state index < -0.39 is 5.60 Å². The summed E-state index contributed by atoms with van der Waals surface area (Å²) in [6.07, 6.45) is 0.568. The zero-order chi connectivity index (χ0) is 15.2. The first-order valence-electron chi connectivity index (χ1n) is 6.82. The van der Waals surface area contributed by atoms with Crippen molar-refractivity contribution < 1.29 is 9.53 Å². The molecule has 4 heteroatoms. The molecule has 0 radical (unpaired) electrons. The number of nitriles is 1. The van der Waals surface area contributed by atoms with Gasteiger partial charge in [0, 0.05) is 13.1 Å². The van der Waals surface area contributed by atoms with Crippen LogP contribution in [0.15, 0.2) is 24.3 Å². The van der Waals surface area contributed by atoms with E-state index in [-0.39, 0.29) is 6.09 Å². The molecule has 0 N–H and O–H groups in total. The highest BCUT2D eigenvalue weighted by Gasteiger charge is 2.21. The molecule has 0 spiro atoms. The van der Waals surface area contributed by atoms with Gasteiger partial charge in [-0.2, -0.15) is 5.26 Å². The number of ether oxygens (including phenoxy) is 1. The lowest BCUT2D eigenvalue weighted by molar-refractivity contribution is 0.0233. The number of amides is 1. The maximum atomic E-state index is 12.1. The molecule has 0 bridgehead atoms. The van der Waals surface area contributed by atoms with E-state index in [0.717, 1.165) is 12.0 Å². The Morgan fingerprint density at radius 2 is 1.90 bits per heavy atom. The average molecular weight is 274 g/mol. The highest BCUT2D eigenvalue weighted by atomic mass is 16.6. The molecule has 20 heavy (non-hydrogen) atoms. The van der Waals surface area contributed by atoms with Gasteiger partial charge in [-0.3, -0.25) is 0 Å². The van der Waals surface area contributed by atoms with E-state index in [1.807, 2.05) is 39.8 Å². The molecule has 0 unspecified atom stereocenters. The minimum absolute atomic E-state index is 0.302. The van der Waals surface area contributed by atoms with Crippen LogP contribution in [0.4, 0.5) is 4.79 Å². The van der Waals surface area contributed by atoms with E-state index in [1.54, 1.807) is 17.0 Å². The first-order chi connectivity index (χ1) is 9.35. The van der Waals surface area contributed by atoms with E-state index in [2.05, 4.69) is 6.07 Å². The van der Waals surface area contributed by atoms with Gasteiger partial charge in [0.05, 0.1) is 11.6 Å². The van der Waals surface area contributed by atoms with Gasteiger partial charge in [-0.05, 0) is 44.9 Å². The van der Waals surface area contributed by atoms with Gasteiger partial charge in [0.25, 0.3) is 0 Å². The second-order valence-corrected chi connectivity index (χ2v) is 5.71. The molecule has 0 saturated carbocycles. The number of carbonyl (C=O) groups is 1. The van der Waals surface area contributed by atoms with Crippen LogP contribution in [0.25, 0.3) is 0 Å². The Labute approximate surface area is 121 Å². The zero-order valence-electron chi connectivity index (χ0n) is 12.6. The maximum Gasteiger partial charge on any atom is 0.410 e. The first-order valence-corrected chi connectivity index (χ1v) is 6.82. The van der Waals surface area contributed by atoms with Gasteiger partial charge >= 0.3 is 6.09 Å². The van der Waals surface area contributed by atoms with Crippen LogP contribution < -0.4 is 0 Å². The lowest BCUT2D eigenvalue weighted by atomic mass is 10.1. The van der Waals surface area contributed by atoms with Gasteiger partial charge in [0.2, 0.25) is 0 Å². The molecule has 0 heterocycles. The van der Waals surface area contributed by atoms with E-state index in [9.17, 15) is 4.79 Å². The molecule has 1 aromatic carbocycles. The summed E-state index contributed by atoms with van der Waals surface area (Å²) in [5, 5.41) is 8.78. The van der Waals surface area contributed by atoms with Crippen molar-refractivity contribution in [2.45, 2.75) is 46.3 Å². The van der Waals surface area contributed by atoms with Gasteiger partial charge in [0.1, 0.15) is 5.60 Å². The van der Waals surface area contributed by atoms with E-state index in [0.29, 0.717) is 18.7 Å². The average Bonchev–Trinajstić information content (AvgIpc) is 2.37. The zero-order valence-corrected chi connectivity index (χ0v) is 12.6. The van der Waals surface area contributed by atoms with Gasteiger partial charge in [-0.25, -0.2) is 4.79 Å². The van der Waals surface area contributed by atoms with Crippen LogP contribution in [0.5, 0.6) is 0 Å². The number of hydrogen-bond acceptors (Lipinski definition) is 3. The molecule has 4 nitrogen and oxygen atoms in total. The SMILES string of the molecule is CCCN(Cc1ccc(C#N)cc1)C(=O)OC(C)(C)C. The fraction of sp³-hybridized carbons (Fsp3) is 0.500. The molecule has 1 amide bonds. The molecule has 1 rings (SSSR count). The van der Waals surface area contributed by atoms with Crippen LogP contribution in [0.1, 0.15) is 45.2 Å². The molecule has 0 fully saturated rings. The van der Waals surface area contributed by atoms with Crippen LogP contribution in [-0.2, 0) is 11.3 Å². The topological polar surface area (TPSA) is 53.3 Å². The summed E-state index contributed by atoms with van der Waals surface area (Å²) in [6, 6.07) is 9.33. The number of nitrogens with zero attached hydrogens (tertiary/aromatic N) is 2. The number of rotatable bonds is 4. The van der Waals surface area contributed by atoms with E-state index in [4.69, 9.17) is 10.00 Å². The number of hydrogen-bond donors (Lipinski definition) is 0. The van der Waals surface area contributed by atoms with Crippen molar-refractivity contribution in [1.29, 1.82) is 5.26 Å². The summed E-state index contributed by atoms with van der Waals surface area (Å²) in [4.78, 5) is 13.8. The summed E-state index contributed by atoms with van der Waals surface area (Å²) >= 11 is 0. The van der Waals surface area contributed by atoms with Crippen molar-refractivity contribution in [3.63, 3.8) is 0 Å². The Bertz CT molecular complexity index is 481. The van der Waals surface area contributed by atoms with Gasteiger partial charge in [-0.1, -0.05) is 19.1 Å². The van der Waals surface area contributed by atoms with Crippen molar-refractivity contribution in [3.05, 3.63) is 35.4 Å². The van der Waals surface area contributed by atoms with Crippen LogP contribution in [0.2, 0.25) is 0 Å². The third kappa shape index (κ3) is 5.31. The minimum Gasteiger partial charge on any atom is -0.444 e. The third-order valence-electron chi connectivity index (χ3n) is 2.60. The van der Waals surface area contributed by atoms with Gasteiger partial charge in [-0.15, -0.1) is 0 Å². The molecular formula is C16H22N2O2. The number of benzene rings is 1. The molecule has 0 saturated heterocycles. The van der Waals surface area contributed by atoms with Crippen molar-refractivity contribution in [1.82, 2.24) is 4.90 Å². The van der Waals surface area contributed by atoms with Crippen LogP contribution in [-0.4, -0.2) is 23.1 Å². The van der Waals surface area contributed by atoms with Crippen molar-refractivity contribution in [2.75, 3.05) is 6.54 Å². The third-order valence-corrected chi connectivity index (χ3v) is 2.60. The smallest absolute Gasteiger partial charge is 0.410 e. The Morgan fingerprint density at radius 3 is 2.35 bits per heavy atom. The van der Waals surface area contributed by atoms with Gasteiger partial charge in [0.15, 0.2) is 0 Å². The molecule has 1 aromatic rings. The molecular weight excluding hydrogens is 252 g/mol. The van der Waals surface area contributed by atoms with Crippen LogP contribution in [0.3, 0.4) is 0 Å². The molecule has 0 aliphatic heterocycles. The largest absolute Gasteiger partial charge is 0.444 e. The van der Waals surface area contributed by atoms with Crippen LogP contribution >= 0.6 is 0 Å². The standard InChI is InChI=1S/C16H22N2O2/c1-5-10-18(15(19)20-16(2,3)4)12-14-8-6-13(11-17)7-9-14/h6-9H,5,10,12H2,1-4H3. The molecule has 108 valence electrons. The van der Waals surface area contributed by atoms with Crippen molar-refractivity contribution >= 4 is 6.09 Å². The quantitative estimate of drug-likeness (QED) is 0.841. The monoisotopic (exact) mass is 274 g/mol. The summed E-state index contributed by atoms with van der Waals surface area (Å²) in [7, 11) is 0. The minimum atomic E-state index is -0.492. The lowest BCUT2D eigenvalue weighted by Crippen LogP contribution is -2.36. The fourth-order valence-electron chi connectivity index (χ4n) is 1.74. The molecule has 0 aromatic heterocycles. The van der Waals surface area contributed by atoms with Crippen molar-refractivity contribution in [3.8, 4) is 6.07 Å².